The number of benzene rings is 3. The lowest BCUT2D eigenvalue weighted by molar-refractivity contribution is 0.236. The summed E-state index contributed by atoms with van der Waals surface area (Å²) in [6, 6.07) is 18.2. The van der Waals surface area contributed by atoms with Gasteiger partial charge in [-0.05, 0) is 54.6 Å². The molecule has 4 nitrogen and oxygen atoms in total. The van der Waals surface area contributed by atoms with Crippen LogP contribution in [0.2, 0.25) is 0 Å². The summed E-state index contributed by atoms with van der Waals surface area (Å²) in [5.74, 6) is 2.57. The summed E-state index contributed by atoms with van der Waals surface area (Å²) >= 11 is 10.8. The van der Waals surface area contributed by atoms with Crippen molar-refractivity contribution in [3.05, 3.63) is 84.7 Å². The lowest BCUT2D eigenvalue weighted by Crippen LogP contribution is -2.23. The molecule has 0 radical (unpaired) electrons. The molecule has 0 aliphatic heterocycles. The molecule has 0 heterocycles. The van der Waals surface area contributed by atoms with E-state index >= 15 is 0 Å². The second kappa shape index (κ2) is 11.4. The maximum absolute atomic E-state index is 5.62. The van der Waals surface area contributed by atoms with E-state index < -0.39 is 0 Å². The van der Waals surface area contributed by atoms with Crippen LogP contribution in [-0.2, 0) is 19.6 Å². The molecule has 0 aliphatic carbocycles. The van der Waals surface area contributed by atoms with Crippen molar-refractivity contribution >= 4 is 47.8 Å². The van der Waals surface area contributed by atoms with Crippen LogP contribution < -0.4 is 14.2 Å². The summed E-state index contributed by atoms with van der Waals surface area (Å²) in [7, 11) is 5.10. The number of rotatable bonds is 9. The topological polar surface area (TPSA) is 30.9 Å². The molecule has 3 aromatic carbocycles. The van der Waals surface area contributed by atoms with Gasteiger partial charge in [0.2, 0.25) is 0 Å². The van der Waals surface area contributed by atoms with Crippen molar-refractivity contribution in [3.63, 3.8) is 0 Å². The molecular formula is C24H24Br3NO3. The zero-order valence-electron chi connectivity index (χ0n) is 17.6. The SMILES string of the molecule is COc1ccc(Br)cc1CN(Cc1cc(Br)ccc1OC)Cc1cc(Br)ccc1OC. The average Bonchev–Trinajstić information content (AvgIpc) is 2.74. The van der Waals surface area contributed by atoms with Crippen molar-refractivity contribution in [3.8, 4) is 17.2 Å². The van der Waals surface area contributed by atoms with E-state index in [1.807, 2.05) is 36.4 Å². The second-order valence-corrected chi connectivity index (χ2v) is 9.76. The predicted molar refractivity (Wildman–Crippen MR) is 135 cm³/mol. The quantitative estimate of drug-likeness (QED) is 0.255. The normalized spacial score (nSPS) is 10.9. The van der Waals surface area contributed by atoms with E-state index in [1.54, 1.807) is 21.3 Å². The van der Waals surface area contributed by atoms with Gasteiger partial charge >= 0.3 is 0 Å². The van der Waals surface area contributed by atoms with Gasteiger partial charge in [-0.3, -0.25) is 4.90 Å². The highest BCUT2D eigenvalue weighted by Crippen LogP contribution is 2.31. The van der Waals surface area contributed by atoms with Gasteiger partial charge in [-0.15, -0.1) is 0 Å². The largest absolute Gasteiger partial charge is 0.496 e. The van der Waals surface area contributed by atoms with E-state index in [1.165, 1.54) is 0 Å². The fraction of sp³-hybridized carbons (Fsp3) is 0.250. The maximum atomic E-state index is 5.62. The van der Waals surface area contributed by atoms with Crippen LogP contribution in [0.25, 0.3) is 0 Å². The third-order valence-corrected chi connectivity index (χ3v) is 6.39. The lowest BCUT2D eigenvalue weighted by Gasteiger charge is -2.25. The second-order valence-electron chi connectivity index (χ2n) is 7.01. The Bertz CT molecular complexity index is 911. The zero-order valence-corrected chi connectivity index (χ0v) is 22.4. The minimum absolute atomic E-state index is 0.688. The van der Waals surface area contributed by atoms with Crippen LogP contribution in [0.3, 0.4) is 0 Å². The molecule has 0 bridgehead atoms. The molecular weight excluding hydrogens is 590 g/mol. The van der Waals surface area contributed by atoms with Crippen molar-refractivity contribution in [1.29, 1.82) is 0 Å². The summed E-state index contributed by atoms with van der Waals surface area (Å²) in [5.41, 5.74) is 3.29. The van der Waals surface area contributed by atoms with Crippen molar-refractivity contribution in [2.75, 3.05) is 21.3 Å². The van der Waals surface area contributed by atoms with E-state index in [0.717, 1.165) is 47.4 Å². The maximum Gasteiger partial charge on any atom is 0.123 e. The van der Waals surface area contributed by atoms with Crippen LogP contribution in [0.5, 0.6) is 17.2 Å². The number of hydrogen-bond acceptors (Lipinski definition) is 4. The van der Waals surface area contributed by atoms with Gasteiger partial charge in [0.15, 0.2) is 0 Å². The van der Waals surface area contributed by atoms with Gasteiger partial charge in [0.25, 0.3) is 0 Å². The van der Waals surface area contributed by atoms with Gasteiger partial charge in [0.1, 0.15) is 17.2 Å². The Morgan fingerprint density at radius 1 is 0.548 bits per heavy atom. The van der Waals surface area contributed by atoms with E-state index in [-0.39, 0.29) is 0 Å². The van der Waals surface area contributed by atoms with Gasteiger partial charge in [-0.25, -0.2) is 0 Å². The van der Waals surface area contributed by atoms with E-state index in [2.05, 4.69) is 70.9 Å². The monoisotopic (exact) mass is 611 g/mol. The molecule has 3 aromatic rings. The first-order chi connectivity index (χ1) is 14.9. The molecule has 31 heavy (non-hydrogen) atoms. The van der Waals surface area contributed by atoms with Gasteiger partial charge < -0.3 is 14.2 Å². The fourth-order valence-electron chi connectivity index (χ4n) is 3.50. The van der Waals surface area contributed by atoms with Crippen LogP contribution in [0.15, 0.2) is 68.0 Å². The van der Waals surface area contributed by atoms with Crippen molar-refractivity contribution < 1.29 is 14.2 Å². The Morgan fingerprint density at radius 3 is 1.10 bits per heavy atom. The average molecular weight is 614 g/mol. The predicted octanol–water partition coefficient (Wildman–Crippen LogP) is 7.20. The lowest BCUT2D eigenvalue weighted by atomic mass is 10.1. The van der Waals surface area contributed by atoms with E-state index in [0.29, 0.717) is 19.6 Å². The van der Waals surface area contributed by atoms with Crippen molar-refractivity contribution in [1.82, 2.24) is 4.90 Å². The van der Waals surface area contributed by atoms with E-state index in [4.69, 9.17) is 14.2 Å². The van der Waals surface area contributed by atoms with Gasteiger partial charge in [-0.2, -0.15) is 0 Å². The molecule has 0 spiro atoms. The van der Waals surface area contributed by atoms with Crippen LogP contribution in [0.4, 0.5) is 0 Å². The highest BCUT2D eigenvalue weighted by molar-refractivity contribution is 9.11. The van der Waals surface area contributed by atoms with E-state index in [9.17, 15) is 0 Å². The minimum atomic E-state index is 0.688. The Balaban J connectivity index is 1.99. The number of nitrogens with zero attached hydrogens (tertiary/aromatic N) is 1. The third-order valence-electron chi connectivity index (χ3n) is 4.91. The summed E-state index contributed by atoms with van der Waals surface area (Å²) in [6.07, 6.45) is 0. The smallest absolute Gasteiger partial charge is 0.123 e. The highest BCUT2D eigenvalue weighted by atomic mass is 79.9. The Labute approximate surface area is 208 Å². The molecule has 0 amide bonds. The molecule has 0 saturated carbocycles. The standard InChI is InChI=1S/C24H24Br3NO3/c1-29-22-7-4-19(25)10-16(22)13-28(14-17-11-20(26)5-8-23(17)30-2)15-18-12-21(27)6-9-24(18)31-3/h4-12H,13-15H2,1-3H3. The molecule has 0 aliphatic rings. The Morgan fingerprint density at radius 2 is 0.839 bits per heavy atom. The molecule has 3 rings (SSSR count). The molecule has 0 saturated heterocycles. The number of hydrogen-bond donors (Lipinski definition) is 0. The van der Waals surface area contributed by atoms with Gasteiger partial charge in [0, 0.05) is 49.7 Å². The van der Waals surface area contributed by atoms with Crippen molar-refractivity contribution in [2.45, 2.75) is 19.6 Å². The molecule has 7 heteroatoms. The number of methoxy groups -OCH3 is 3. The summed E-state index contributed by atoms with van der Waals surface area (Å²) in [4.78, 5) is 2.35. The molecule has 0 N–H and O–H groups in total. The van der Waals surface area contributed by atoms with Gasteiger partial charge in [0.05, 0.1) is 21.3 Å². The minimum Gasteiger partial charge on any atom is -0.496 e. The first-order valence-corrected chi connectivity index (χ1v) is 12.0. The summed E-state index contributed by atoms with van der Waals surface area (Å²) in [6.45, 7) is 2.07. The van der Waals surface area contributed by atoms with Crippen LogP contribution in [-0.4, -0.2) is 26.2 Å². The third kappa shape index (κ3) is 6.48. The summed E-state index contributed by atoms with van der Waals surface area (Å²) in [5, 5.41) is 0. The molecule has 0 fully saturated rings. The molecule has 164 valence electrons. The van der Waals surface area contributed by atoms with Crippen LogP contribution in [0.1, 0.15) is 16.7 Å². The Kier molecular flexibility index (Phi) is 8.84. The number of ether oxygens (including phenoxy) is 3. The van der Waals surface area contributed by atoms with Crippen LogP contribution >= 0.6 is 47.8 Å². The zero-order chi connectivity index (χ0) is 22.4. The first kappa shape index (κ1) is 24.1. The number of halogens is 3. The molecule has 0 unspecified atom stereocenters. The van der Waals surface area contributed by atoms with Crippen LogP contribution in [0, 0.1) is 0 Å². The Hall–Kier alpha value is -1.54. The molecule has 0 aromatic heterocycles. The van der Waals surface area contributed by atoms with Gasteiger partial charge in [-0.1, -0.05) is 47.8 Å². The fourth-order valence-corrected chi connectivity index (χ4v) is 4.73. The first-order valence-electron chi connectivity index (χ1n) is 9.63. The summed E-state index contributed by atoms with van der Waals surface area (Å²) < 4.78 is 19.9. The molecule has 0 atom stereocenters. The highest BCUT2D eigenvalue weighted by Gasteiger charge is 2.17. The van der Waals surface area contributed by atoms with Crippen molar-refractivity contribution in [2.24, 2.45) is 0 Å².